The van der Waals surface area contributed by atoms with E-state index in [1.165, 1.54) is 85.5 Å². The van der Waals surface area contributed by atoms with Gasteiger partial charge in [-0.3, -0.25) is 52.7 Å². The fraction of sp³-hybridized carbons (Fsp3) is 0.794. The molecule has 0 aromatic heterocycles. The van der Waals surface area contributed by atoms with Crippen molar-refractivity contribution in [1.82, 2.24) is 55.6 Å². The van der Waals surface area contributed by atoms with E-state index in [1.807, 2.05) is 54.5 Å². The lowest BCUT2D eigenvalue weighted by atomic mass is 9.91. The van der Waals surface area contributed by atoms with Crippen LogP contribution in [0.5, 0.6) is 0 Å². The van der Waals surface area contributed by atoms with Gasteiger partial charge < -0.3 is 60.7 Å². The first kappa shape index (κ1) is 76.0. The molecule has 0 aromatic carbocycles. The number of hydrogen-bond acceptors (Lipinski definition) is 12. The molecular weight excluding hydrogens is 1100 g/mol. The normalized spacial score (nSPS) is 28.2. The lowest BCUT2D eigenvalue weighted by molar-refractivity contribution is -0.157. The van der Waals surface area contributed by atoms with Crippen LogP contribution in [0.1, 0.15) is 163 Å². The van der Waals surface area contributed by atoms with Gasteiger partial charge in [0.05, 0.1) is 6.10 Å². The molecular formula is C63H111N11O12. The number of likely N-dealkylation sites (N-methyl/N-ethyl adjacent to an activating group) is 6. The van der Waals surface area contributed by atoms with Crippen LogP contribution in [0.25, 0.3) is 0 Å². The SMILES string of the molecule is C/C=C/C[C@@H](C)[C@@H](O)[C@H]1C(=O)N[C@@H](CC)C(=O)N2CCC[C@@H]2C(=O)N(C)[C@@H](C(C)C)C(=O)N[C@@H](C(C)C)C(=O)N(C)[C@@H](CC(C)C)C(=O)N[C@@H](C)C(=O)N[C@H](C)C(=O)N(C)[C@@H](CC(C)C)C(=O)N(C)[C@@H](CC(C)C)C(=O)N(C)[C@@H](C(C)C)C(=O)N1C. The second-order valence-corrected chi connectivity index (χ2v) is 26.6. The van der Waals surface area contributed by atoms with Crippen LogP contribution in [0, 0.1) is 41.4 Å². The zero-order valence-corrected chi connectivity index (χ0v) is 56.3. The first-order valence-electron chi connectivity index (χ1n) is 31.2. The van der Waals surface area contributed by atoms with E-state index in [2.05, 4.69) is 21.3 Å². The third-order valence-corrected chi connectivity index (χ3v) is 17.0. The smallest absolute Gasteiger partial charge is 0.246 e. The number of nitrogens with one attached hydrogen (secondary N) is 4. The maximum absolute atomic E-state index is 15.2. The number of rotatable bonds is 14. The average molecular weight is 1210 g/mol. The molecule has 0 aliphatic carbocycles. The highest BCUT2D eigenvalue weighted by Gasteiger charge is 2.47. The lowest BCUT2D eigenvalue weighted by Crippen LogP contribution is -2.64. The molecule has 13 atom stereocenters. The lowest BCUT2D eigenvalue weighted by Gasteiger charge is -2.41. The van der Waals surface area contributed by atoms with E-state index in [9.17, 15) is 48.3 Å². The molecule has 0 saturated carbocycles. The van der Waals surface area contributed by atoms with E-state index in [0.717, 1.165) is 4.90 Å². The first-order chi connectivity index (χ1) is 39.8. The second kappa shape index (κ2) is 33.8. The molecule has 2 rings (SSSR count). The second-order valence-electron chi connectivity index (χ2n) is 26.6. The van der Waals surface area contributed by atoms with Crippen molar-refractivity contribution in [3.63, 3.8) is 0 Å². The fourth-order valence-electron chi connectivity index (χ4n) is 11.7. The maximum atomic E-state index is 15.2. The Morgan fingerprint density at radius 1 is 0.477 bits per heavy atom. The molecule has 0 unspecified atom stereocenters. The molecule has 2 heterocycles. The zero-order chi connectivity index (χ0) is 66.3. The number of amides is 11. The Balaban J connectivity index is 3.00. The topological polar surface area (TPSA) is 279 Å². The average Bonchev–Trinajstić information content (AvgIpc) is 1.80. The molecule has 2 fully saturated rings. The number of aliphatic hydroxyl groups excluding tert-OH is 1. The molecule has 0 radical (unpaired) electrons. The highest BCUT2D eigenvalue weighted by molar-refractivity contribution is 6.00. The van der Waals surface area contributed by atoms with Gasteiger partial charge in [0, 0.05) is 48.8 Å². The minimum Gasteiger partial charge on any atom is -0.390 e. The number of nitrogens with zero attached hydrogens (tertiary/aromatic N) is 7. The monoisotopic (exact) mass is 1210 g/mol. The summed E-state index contributed by atoms with van der Waals surface area (Å²) in [6.45, 7) is 29.9. The largest absolute Gasteiger partial charge is 0.390 e. The van der Waals surface area contributed by atoms with Gasteiger partial charge in [-0.2, -0.15) is 0 Å². The van der Waals surface area contributed by atoms with Crippen LogP contribution in [0.15, 0.2) is 12.2 Å². The third kappa shape index (κ3) is 19.4. The van der Waals surface area contributed by atoms with Gasteiger partial charge in [0.1, 0.15) is 66.5 Å². The van der Waals surface area contributed by atoms with E-state index in [4.69, 9.17) is 0 Å². The van der Waals surface area contributed by atoms with Gasteiger partial charge in [-0.1, -0.05) is 109 Å². The van der Waals surface area contributed by atoms with Gasteiger partial charge >= 0.3 is 0 Å². The minimum atomic E-state index is -1.60. The van der Waals surface area contributed by atoms with Gasteiger partial charge in [0.2, 0.25) is 65.0 Å². The summed E-state index contributed by atoms with van der Waals surface area (Å²) >= 11 is 0. The van der Waals surface area contributed by atoms with Crippen molar-refractivity contribution in [2.24, 2.45) is 41.4 Å². The Morgan fingerprint density at radius 2 is 0.919 bits per heavy atom. The minimum absolute atomic E-state index is 0.0482. The quantitative estimate of drug-likeness (QED) is 0.157. The maximum Gasteiger partial charge on any atom is 0.246 e. The number of carbonyl (C=O) groups is 11. The van der Waals surface area contributed by atoms with Crippen molar-refractivity contribution in [2.45, 2.75) is 235 Å². The van der Waals surface area contributed by atoms with Gasteiger partial charge in [0.15, 0.2) is 0 Å². The van der Waals surface area contributed by atoms with E-state index >= 15 is 9.59 Å². The highest BCUT2D eigenvalue weighted by atomic mass is 16.3. The number of aliphatic hydroxyl groups is 1. The summed E-state index contributed by atoms with van der Waals surface area (Å²) in [4.78, 5) is 170. The third-order valence-electron chi connectivity index (χ3n) is 17.0. The van der Waals surface area contributed by atoms with Crippen LogP contribution in [0.2, 0.25) is 0 Å². The predicted octanol–water partition coefficient (Wildman–Crippen LogP) is 3.41. The highest BCUT2D eigenvalue weighted by Crippen LogP contribution is 2.27. The van der Waals surface area contributed by atoms with Crippen LogP contribution >= 0.6 is 0 Å². The van der Waals surface area contributed by atoms with Gasteiger partial charge in [0.25, 0.3) is 0 Å². The molecule has 2 saturated heterocycles. The first-order valence-corrected chi connectivity index (χ1v) is 31.2. The van der Waals surface area contributed by atoms with Gasteiger partial charge in [-0.25, -0.2) is 0 Å². The Hall–Kier alpha value is -6.13. The van der Waals surface area contributed by atoms with Crippen molar-refractivity contribution < 1.29 is 57.8 Å². The Kier molecular flexibility index (Phi) is 29.9. The molecule has 5 N–H and O–H groups in total. The standard InChI is InChI=1S/C63H111N11O12/c1-24-26-28-40(15)52(75)51-56(79)66-43(25-2)58(81)74-30-27-29-44(74)59(82)71(21)49(38(11)12)55(78)67-48(37(9)10)62(85)68(18)45(31-34(3)4)54(77)64-41(16)53(76)65-42(17)57(80)69(19)46(32-35(5)6)60(83)70(20)47(33-36(7)8)61(84)72(22)50(39(13)14)63(86)73(51)23/h24,26,34-52,75H,25,27-33H2,1-23H3,(H,64,77)(H,65,76)(H,66,79)(H,67,78)/b26-24+/t40-,41+,42-,43+,44-,45+,46+,47+,48+,49+,50+,51+,52-/m1/s1. The van der Waals surface area contributed by atoms with Crippen molar-refractivity contribution in [3.8, 4) is 0 Å². The molecule has 0 spiro atoms. The fourth-order valence-corrected chi connectivity index (χ4v) is 11.7. The van der Waals surface area contributed by atoms with Crippen LogP contribution in [-0.2, 0) is 52.7 Å². The van der Waals surface area contributed by atoms with E-state index in [0.29, 0.717) is 12.8 Å². The molecule has 0 aromatic rings. The van der Waals surface area contributed by atoms with Crippen LogP contribution in [0.3, 0.4) is 0 Å². The summed E-state index contributed by atoms with van der Waals surface area (Å²) in [6, 6.07) is -13.3. The number of allylic oxidation sites excluding steroid dienone is 2. The molecule has 86 heavy (non-hydrogen) atoms. The summed E-state index contributed by atoms with van der Waals surface area (Å²) in [5.74, 6) is -9.81. The van der Waals surface area contributed by atoms with Crippen LogP contribution in [-0.4, -0.2) is 226 Å². The summed E-state index contributed by atoms with van der Waals surface area (Å²) in [7, 11) is 8.63. The number of hydrogen-bond donors (Lipinski definition) is 5. The molecule has 23 heteroatoms. The van der Waals surface area contributed by atoms with E-state index < -0.39 is 161 Å². The van der Waals surface area contributed by atoms with Crippen LogP contribution in [0.4, 0.5) is 0 Å². The van der Waals surface area contributed by atoms with Gasteiger partial charge in [-0.15, -0.1) is 0 Å². The molecule has 0 bridgehead atoms. The molecule has 11 amide bonds. The number of carbonyl (C=O) groups excluding carboxylic acids is 11. The van der Waals surface area contributed by atoms with E-state index in [1.54, 1.807) is 61.5 Å². The van der Waals surface area contributed by atoms with Crippen molar-refractivity contribution in [1.29, 1.82) is 0 Å². The number of fused-ring (bicyclic) bond motifs is 1. The Labute approximate surface area is 514 Å². The summed E-state index contributed by atoms with van der Waals surface area (Å²) in [5.41, 5.74) is 0. The predicted molar refractivity (Wildman–Crippen MR) is 331 cm³/mol. The Morgan fingerprint density at radius 3 is 1.40 bits per heavy atom. The zero-order valence-electron chi connectivity index (χ0n) is 56.3. The summed E-state index contributed by atoms with van der Waals surface area (Å²) < 4.78 is 0. The van der Waals surface area contributed by atoms with Crippen molar-refractivity contribution in [3.05, 3.63) is 12.2 Å². The molecule has 23 nitrogen and oxygen atoms in total. The van der Waals surface area contributed by atoms with Gasteiger partial charge in [-0.05, 0) is 107 Å². The Bertz CT molecular complexity index is 2400. The summed E-state index contributed by atoms with van der Waals surface area (Å²) in [6.07, 6.45) is 3.61. The molecule has 490 valence electrons. The van der Waals surface area contributed by atoms with Crippen molar-refractivity contribution in [2.75, 3.05) is 48.8 Å². The molecule has 2 aliphatic heterocycles. The van der Waals surface area contributed by atoms with E-state index in [-0.39, 0.29) is 56.4 Å². The molecule has 2 aliphatic rings. The van der Waals surface area contributed by atoms with Crippen molar-refractivity contribution >= 4 is 65.0 Å². The summed E-state index contributed by atoms with van der Waals surface area (Å²) in [5, 5.41) is 23.3. The van der Waals surface area contributed by atoms with Crippen LogP contribution < -0.4 is 21.3 Å².